The lowest BCUT2D eigenvalue weighted by Crippen LogP contribution is -2.57. The van der Waals surface area contributed by atoms with Crippen molar-refractivity contribution >= 4 is 11.9 Å². The SMILES string of the molecule is CCOC(=O)[C@]1(C(=O)OCc2ccccc2)CC[C@@H](C)N1. The van der Waals surface area contributed by atoms with E-state index in [0.717, 1.165) is 12.0 Å². The molecule has 21 heavy (non-hydrogen) atoms. The van der Waals surface area contributed by atoms with Crippen LogP contribution >= 0.6 is 0 Å². The largest absolute Gasteiger partial charge is 0.464 e. The van der Waals surface area contributed by atoms with Crippen molar-refractivity contribution in [3.63, 3.8) is 0 Å². The fraction of sp³-hybridized carbons (Fsp3) is 0.500. The summed E-state index contributed by atoms with van der Waals surface area (Å²) in [5.41, 5.74) is -0.472. The van der Waals surface area contributed by atoms with Gasteiger partial charge in [0.05, 0.1) is 6.61 Å². The second-order valence-electron chi connectivity index (χ2n) is 5.27. The van der Waals surface area contributed by atoms with Crippen molar-refractivity contribution < 1.29 is 19.1 Å². The Labute approximate surface area is 124 Å². The fourth-order valence-electron chi connectivity index (χ4n) is 2.50. The lowest BCUT2D eigenvalue weighted by Gasteiger charge is -2.25. The number of carbonyl (C=O) groups is 2. The molecule has 2 atom stereocenters. The van der Waals surface area contributed by atoms with Gasteiger partial charge in [0.1, 0.15) is 6.61 Å². The highest BCUT2D eigenvalue weighted by atomic mass is 16.6. The Balaban J connectivity index is 2.06. The number of ether oxygens (including phenoxy) is 2. The minimum atomic E-state index is -1.36. The van der Waals surface area contributed by atoms with Gasteiger partial charge in [-0.15, -0.1) is 0 Å². The van der Waals surface area contributed by atoms with E-state index in [-0.39, 0.29) is 19.3 Å². The zero-order chi connectivity index (χ0) is 15.3. The number of nitrogens with one attached hydrogen (secondary N) is 1. The van der Waals surface area contributed by atoms with Crippen molar-refractivity contribution in [1.82, 2.24) is 5.32 Å². The van der Waals surface area contributed by atoms with Gasteiger partial charge in [0, 0.05) is 6.04 Å². The summed E-state index contributed by atoms with van der Waals surface area (Å²) in [6, 6.07) is 9.47. The normalized spacial score (nSPS) is 24.6. The topological polar surface area (TPSA) is 64.6 Å². The summed E-state index contributed by atoms with van der Waals surface area (Å²) in [7, 11) is 0. The molecule has 0 aromatic heterocycles. The van der Waals surface area contributed by atoms with E-state index in [4.69, 9.17) is 9.47 Å². The van der Waals surface area contributed by atoms with Gasteiger partial charge in [-0.1, -0.05) is 30.3 Å². The zero-order valence-electron chi connectivity index (χ0n) is 12.4. The third-order valence-electron chi connectivity index (χ3n) is 3.63. The highest BCUT2D eigenvalue weighted by Crippen LogP contribution is 2.27. The van der Waals surface area contributed by atoms with Crippen molar-refractivity contribution in [3.05, 3.63) is 35.9 Å². The van der Waals surface area contributed by atoms with Crippen molar-refractivity contribution in [2.24, 2.45) is 0 Å². The molecule has 0 saturated carbocycles. The number of esters is 2. The van der Waals surface area contributed by atoms with E-state index < -0.39 is 17.5 Å². The van der Waals surface area contributed by atoms with Crippen LogP contribution in [0.2, 0.25) is 0 Å². The average Bonchev–Trinajstić information content (AvgIpc) is 2.89. The standard InChI is InChI=1S/C16H21NO4/c1-3-20-14(18)16(10-9-12(2)17-16)15(19)21-11-13-7-5-4-6-8-13/h4-8,12,17H,3,9-11H2,1-2H3/t12-,16+/m1/s1. The number of carbonyl (C=O) groups excluding carboxylic acids is 2. The predicted octanol–water partition coefficient (Wildman–Crippen LogP) is 1.80. The van der Waals surface area contributed by atoms with Crippen LogP contribution in [-0.2, 0) is 25.7 Å². The fourth-order valence-corrected chi connectivity index (χ4v) is 2.50. The third kappa shape index (κ3) is 3.42. The van der Waals surface area contributed by atoms with Gasteiger partial charge >= 0.3 is 11.9 Å². The van der Waals surface area contributed by atoms with Crippen LogP contribution in [0.5, 0.6) is 0 Å². The van der Waals surface area contributed by atoms with E-state index in [1.165, 1.54) is 0 Å². The smallest absolute Gasteiger partial charge is 0.338 e. The van der Waals surface area contributed by atoms with Crippen LogP contribution in [0.1, 0.15) is 32.3 Å². The Morgan fingerprint density at radius 1 is 1.24 bits per heavy atom. The lowest BCUT2D eigenvalue weighted by atomic mass is 9.98. The Morgan fingerprint density at radius 3 is 2.48 bits per heavy atom. The van der Waals surface area contributed by atoms with Gasteiger partial charge < -0.3 is 9.47 Å². The maximum absolute atomic E-state index is 12.4. The van der Waals surface area contributed by atoms with E-state index >= 15 is 0 Å². The Morgan fingerprint density at radius 2 is 1.90 bits per heavy atom. The van der Waals surface area contributed by atoms with E-state index in [2.05, 4.69) is 5.32 Å². The lowest BCUT2D eigenvalue weighted by molar-refractivity contribution is -0.166. The quantitative estimate of drug-likeness (QED) is 0.662. The maximum atomic E-state index is 12.4. The number of benzene rings is 1. The predicted molar refractivity (Wildman–Crippen MR) is 77.4 cm³/mol. The molecule has 5 nitrogen and oxygen atoms in total. The molecule has 1 fully saturated rings. The van der Waals surface area contributed by atoms with Gasteiger partial charge in [0.2, 0.25) is 5.54 Å². The van der Waals surface area contributed by atoms with Crippen molar-refractivity contribution in [2.45, 2.75) is 44.9 Å². The molecule has 1 aromatic rings. The molecule has 0 spiro atoms. The molecule has 1 saturated heterocycles. The van der Waals surface area contributed by atoms with Gasteiger partial charge in [-0.2, -0.15) is 0 Å². The molecule has 1 aromatic carbocycles. The second kappa shape index (κ2) is 6.72. The molecule has 5 heteroatoms. The summed E-state index contributed by atoms with van der Waals surface area (Å²) < 4.78 is 10.4. The van der Waals surface area contributed by atoms with Gasteiger partial charge in [0.25, 0.3) is 0 Å². The van der Waals surface area contributed by atoms with Crippen LogP contribution in [0, 0.1) is 0 Å². The molecule has 1 N–H and O–H groups in total. The summed E-state index contributed by atoms with van der Waals surface area (Å²) in [4.78, 5) is 24.6. The molecule has 0 unspecified atom stereocenters. The van der Waals surface area contributed by atoms with Crippen LogP contribution in [0.3, 0.4) is 0 Å². The van der Waals surface area contributed by atoms with Crippen molar-refractivity contribution in [1.29, 1.82) is 0 Å². The van der Waals surface area contributed by atoms with Crippen LogP contribution in [-0.4, -0.2) is 30.1 Å². The summed E-state index contributed by atoms with van der Waals surface area (Å²) in [5.74, 6) is -1.11. The van der Waals surface area contributed by atoms with Crippen molar-refractivity contribution in [3.8, 4) is 0 Å². The van der Waals surface area contributed by atoms with Gasteiger partial charge in [-0.3, -0.25) is 5.32 Å². The minimum Gasteiger partial charge on any atom is -0.464 e. The van der Waals surface area contributed by atoms with Gasteiger partial charge in [0.15, 0.2) is 0 Å². The highest BCUT2D eigenvalue weighted by molar-refractivity contribution is 6.05. The molecular formula is C16H21NO4. The Hall–Kier alpha value is -1.88. The summed E-state index contributed by atoms with van der Waals surface area (Å²) in [6.07, 6.45) is 1.14. The average molecular weight is 291 g/mol. The molecule has 2 rings (SSSR count). The monoisotopic (exact) mass is 291 g/mol. The maximum Gasteiger partial charge on any atom is 0.338 e. The first-order valence-electron chi connectivity index (χ1n) is 7.24. The Kier molecular flexibility index (Phi) is 4.96. The van der Waals surface area contributed by atoms with E-state index in [1.54, 1.807) is 6.92 Å². The van der Waals surface area contributed by atoms with Gasteiger partial charge in [-0.25, -0.2) is 9.59 Å². The number of rotatable bonds is 5. The zero-order valence-corrected chi connectivity index (χ0v) is 12.4. The first kappa shape index (κ1) is 15.5. The summed E-state index contributed by atoms with van der Waals surface area (Å²) in [5, 5.41) is 3.04. The summed E-state index contributed by atoms with van der Waals surface area (Å²) in [6.45, 7) is 4.05. The molecule has 1 aliphatic rings. The highest BCUT2D eigenvalue weighted by Gasteiger charge is 2.52. The molecule has 1 aliphatic heterocycles. The molecular weight excluding hydrogens is 270 g/mol. The van der Waals surface area contributed by atoms with Crippen LogP contribution < -0.4 is 5.32 Å². The van der Waals surface area contributed by atoms with E-state index in [1.807, 2.05) is 37.3 Å². The number of hydrogen-bond donors (Lipinski definition) is 1. The van der Waals surface area contributed by atoms with Gasteiger partial charge in [-0.05, 0) is 32.3 Å². The van der Waals surface area contributed by atoms with Crippen LogP contribution in [0.25, 0.3) is 0 Å². The molecule has 114 valence electrons. The van der Waals surface area contributed by atoms with E-state index in [0.29, 0.717) is 6.42 Å². The van der Waals surface area contributed by atoms with Crippen molar-refractivity contribution in [2.75, 3.05) is 6.61 Å². The third-order valence-corrected chi connectivity index (χ3v) is 3.63. The second-order valence-corrected chi connectivity index (χ2v) is 5.27. The first-order valence-corrected chi connectivity index (χ1v) is 7.24. The van der Waals surface area contributed by atoms with Crippen LogP contribution in [0.15, 0.2) is 30.3 Å². The minimum absolute atomic E-state index is 0.0821. The van der Waals surface area contributed by atoms with E-state index in [9.17, 15) is 9.59 Å². The molecule has 0 amide bonds. The summed E-state index contributed by atoms with van der Waals surface area (Å²) >= 11 is 0. The molecule has 1 heterocycles. The molecule has 0 aliphatic carbocycles. The van der Waals surface area contributed by atoms with Crippen LogP contribution in [0.4, 0.5) is 0 Å². The molecule has 0 bridgehead atoms. The Bertz CT molecular complexity index is 502. The first-order chi connectivity index (χ1) is 10.1. The number of hydrogen-bond acceptors (Lipinski definition) is 5. The molecule has 0 radical (unpaired) electrons.